The largest absolute Gasteiger partial charge is 0.390 e. The highest BCUT2D eigenvalue weighted by molar-refractivity contribution is 9.10. The zero-order valence-corrected chi connectivity index (χ0v) is 11.4. The Morgan fingerprint density at radius 2 is 2.22 bits per heavy atom. The molecule has 0 bridgehead atoms. The van der Waals surface area contributed by atoms with Gasteiger partial charge in [0.15, 0.2) is 0 Å². The molecule has 0 saturated heterocycles. The summed E-state index contributed by atoms with van der Waals surface area (Å²) in [5.74, 6) is -0.211. The van der Waals surface area contributed by atoms with Crippen LogP contribution in [0.2, 0.25) is 0 Å². The minimum Gasteiger partial charge on any atom is -0.390 e. The van der Waals surface area contributed by atoms with Gasteiger partial charge in [-0.3, -0.25) is 9.59 Å². The van der Waals surface area contributed by atoms with Crippen LogP contribution < -0.4 is 10.9 Å². The number of carbonyl (C=O) groups is 1. The lowest BCUT2D eigenvalue weighted by atomic mass is 10.0. The van der Waals surface area contributed by atoms with Gasteiger partial charge in [0.05, 0.1) is 6.10 Å². The van der Waals surface area contributed by atoms with E-state index in [4.69, 9.17) is 0 Å². The third kappa shape index (κ3) is 4.25. The molecule has 0 fully saturated rings. The Morgan fingerprint density at radius 1 is 1.56 bits per heavy atom. The molecule has 1 heterocycles. The molecule has 1 aromatic rings. The van der Waals surface area contributed by atoms with Crippen molar-refractivity contribution in [2.24, 2.45) is 0 Å². The molecule has 0 spiro atoms. The number of pyridine rings is 1. The topological polar surface area (TPSA) is 102 Å². The van der Waals surface area contributed by atoms with E-state index in [9.17, 15) is 19.8 Å². The standard InChI is InChI=1S/C11H15BrN2O4/c1-6(15)13-3-2-9(16)10(17)8-4-7(12)5-14-11(8)18/h4-5,9-10,16-17H,2-3H2,1H3,(H,13,15)(H,14,18). The molecule has 0 aliphatic rings. The molecule has 2 atom stereocenters. The molecule has 4 N–H and O–H groups in total. The van der Waals surface area contributed by atoms with Crippen molar-refractivity contribution in [3.63, 3.8) is 0 Å². The van der Waals surface area contributed by atoms with Crippen LogP contribution >= 0.6 is 15.9 Å². The van der Waals surface area contributed by atoms with E-state index in [2.05, 4.69) is 26.2 Å². The normalized spacial score (nSPS) is 14.0. The molecule has 1 amide bonds. The van der Waals surface area contributed by atoms with Gasteiger partial charge >= 0.3 is 0 Å². The first-order valence-electron chi connectivity index (χ1n) is 5.40. The lowest BCUT2D eigenvalue weighted by Crippen LogP contribution is -2.30. The number of aliphatic hydroxyl groups excluding tert-OH is 2. The van der Waals surface area contributed by atoms with E-state index in [-0.39, 0.29) is 24.4 Å². The average Bonchev–Trinajstić information content (AvgIpc) is 2.30. The lowest BCUT2D eigenvalue weighted by Gasteiger charge is -2.17. The molecule has 7 heteroatoms. The molecule has 1 aromatic heterocycles. The van der Waals surface area contributed by atoms with Crippen molar-refractivity contribution in [2.45, 2.75) is 25.6 Å². The Balaban J connectivity index is 2.68. The summed E-state index contributed by atoms with van der Waals surface area (Å²) in [5, 5.41) is 22.1. The number of hydrogen-bond donors (Lipinski definition) is 4. The summed E-state index contributed by atoms with van der Waals surface area (Å²) >= 11 is 3.17. The number of aliphatic hydroxyl groups is 2. The summed E-state index contributed by atoms with van der Waals surface area (Å²) in [6.45, 7) is 1.60. The molecule has 0 saturated carbocycles. The Kier molecular flexibility index (Phi) is 5.52. The van der Waals surface area contributed by atoms with E-state index in [0.29, 0.717) is 4.47 Å². The minimum absolute atomic E-state index is 0.0831. The number of nitrogens with one attached hydrogen (secondary N) is 2. The van der Waals surface area contributed by atoms with Gasteiger partial charge in [0.2, 0.25) is 5.91 Å². The first-order valence-corrected chi connectivity index (χ1v) is 6.20. The van der Waals surface area contributed by atoms with Gasteiger partial charge in [-0.05, 0) is 28.4 Å². The van der Waals surface area contributed by atoms with Gasteiger partial charge < -0.3 is 20.5 Å². The van der Waals surface area contributed by atoms with Crippen LogP contribution in [0.4, 0.5) is 0 Å². The van der Waals surface area contributed by atoms with Crippen LogP contribution in [0.1, 0.15) is 25.0 Å². The third-order valence-corrected chi connectivity index (χ3v) is 2.85. The number of halogens is 1. The second-order valence-corrected chi connectivity index (χ2v) is 4.80. The molecular weight excluding hydrogens is 304 g/mol. The van der Waals surface area contributed by atoms with Gasteiger partial charge in [0.1, 0.15) is 6.10 Å². The van der Waals surface area contributed by atoms with Gasteiger partial charge in [-0.25, -0.2) is 0 Å². The fourth-order valence-electron chi connectivity index (χ4n) is 1.45. The summed E-state index contributed by atoms with van der Waals surface area (Å²) < 4.78 is 0.602. The molecule has 100 valence electrons. The fourth-order valence-corrected chi connectivity index (χ4v) is 1.82. The van der Waals surface area contributed by atoms with Crippen molar-refractivity contribution in [3.8, 4) is 0 Å². The molecule has 0 aliphatic heterocycles. The first kappa shape index (κ1) is 14.9. The molecule has 1 rings (SSSR count). The van der Waals surface area contributed by atoms with Crippen LogP contribution in [0.25, 0.3) is 0 Å². The van der Waals surface area contributed by atoms with Crippen LogP contribution in [0.5, 0.6) is 0 Å². The van der Waals surface area contributed by atoms with E-state index in [0.717, 1.165) is 0 Å². The molecule has 2 unspecified atom stereocenters. The molecule has 0 radical (unpaired) electrons. The maximum absolute atomic E-state index is 11.5. The van der Waals surface area contributed by atoms with E-state index in [1.165, 1.54) is 19.2 Å². The van der Waals surface area contributed by atoms with Crippen LogP contribution in [-0.2, 0) is 4.79 Å². The van der Waals surface area contributed by atoms with Crippen molar-refractivity contribution < 1.29 is 15.0 Å². The van der Waals surface area contributed by atoms with Crippen molar-refractivity contribution in [1.29, 1.82) is 0 Å². The Bertz CT molecular complexity index is 474. The van der Waals surface area contributed by atoms with E-state index in [1.807, 2.05) is 0 Å². The average molecular weight is 319 g/mol. The van der Waals surface area contributed by atoms with Crippen molar-refractivity contribution in [2.75, 3.05) is 6.54 Å². The Labute approximate surface area is 112 Å². The number of amides is 1. The summed E-state index contributed by atoms with van der Waals surface area (Å²) in [4.78, 5) is 24.6. The predicted octanol–water partition coefficient (Wildman–Crippen LogP) is 0.0579. The molecular formula is C11H15BrN2O4. The van der Waals surface area contributed by atoms with Gasteiger partial charge in [-0.15, -0.1) is 0 Å². The van der Waals surface area contributed by atoms with Crippen LogP contribution in [0.3, 0.4) is 0 Å². The van der Waals surface area contributed by atoms with Gasteiger partial charge in [0, 0.05) is 29.7 Å². The number of H-pyrrole nitrogens is 1. The van der Waals surface area contributed by atoms with Crippen molar-refractivity contribution in [3.05, 3.63) is 32.7 Å². The Hall–Kier alpha value is -1.18. The van der Waals surface area contributed by atoms with Crippen LogP contribution in [0, 0.1) is 0 Å². The summed E-state index contributed by atoms with van der Waals surface area (Å²) in [5.41, 5.74) is -0.371. The van der Waals surface area contributed by atoms with Gasteiger partial charge in [-0.1, -0.05) is 0 Å². The second-order valence-electron chi connectivity index (χ2n) is 3.89. The fraction of sp³-hybridized carbons (Fsp3) is 0.455. The summed E-state index contributed by atoms with van der Waals surface area (Å²) in [6.07, 6.45) is -0.804. The number of aromatic amines is 1. The quantitative estimate of drug-likeness (QED) is 0.616. The molecule has 18 heavy (non-hydrogen) atoms. The monoisotopic (exact) mass is 318 g/mol. The van der Waals surface area contributed by atoms with Crippen LogP contribution in [-0.4, -0.2) is 33.8 Å². The summed E-state index contributed by atoms with van der Waals surface area (Å²) in [6, 6.07) is 1.45. The molecule has 0 aromatic carbocycles. The molecule has 0 aliphatic carbocycles. The van der Waals surface area contributed by atoms with Crippen molar-refractivity contribution in [1.82, 2.24) is 10.3 Å². The maximum atomic E-state index is 11.5. The van der Waals surface area contributed by atoms with Gasteiger partial charge in [-0.2, -0.15) is 0 Å². The van der Waals surface area contributed by atoms with Gasteiger partial charge in [0.25, 0.3) is 5.56 Å². The highest BCUT2D eigenvalue weighted by atomic mass is 79.9. The van der Waals surface area contributed by atoms with E-state index < -0.39 is 17.8 Å². The summed E-state index contributed by atoms with van der Waals surface area (Å²) in [7, 11) is 0. The minimum atomic E-state index is -1.29. The maximum Gasteiger partial charge on any atom is 0.253 e. The molecule has 6 nitrogen and oxygen atoms in total. The SMILES string of the molecule is CC(=O)NCCC(O)C(O)c1cc(Br)c[nH]c1=O. The van der Waals surface area contributed by atoms with Crippen molar-refractivity contribution >= 4 is 21.8 Å². The number of hydrogen-bond acceptors (Lipinski definition) is 4. The number of carbonyl (C=O) groups excluding carboxylic acids is 1. The van der Waals surface area contributed by atoms with Crippen LogP contribution in [0.15, 0.2) is 21.5 Å². The number of rotatable bonds is 5. The number of aromatic nitrogens is 1. The highest BCUT2D eigenvalue weighted by Crippen LogP contribution is 2.18. The zero-order valence-electron chi connectivity index (χ0n) is 9.81. The third-order valence-electron chi connectivity index (χ3n) is 2.39. The smallest absolute Gasteiger partial charge is 0.253 e. The second kappa shape index (κ2) is 6.67. The lowest BCUT2D eigenvalue weighted by molar-refractivity contribution is -0.119. The first-order chi connectivity index (χ1) is 8.41. The van der Waals surface area contributed by atoms with E-state index in [1.54, 1.807) is 0 Å². The predicted molar refractivity (Wildman–Crippen MR) is 69.0 cm³/mol. The highest BCUT2D eigenvalue weighted by Gasteiger charge is 2.21. The zero-order chi connectivity index (χ0) is 13.7. The Morgan fingerprint density at radius 3 is 2.83 bits per heavy atom. The van der Waals surface area contributed by atoms with E-state index >= 15 is 0 Å².